The number of benzene rings is 1. The molecule has 3 aliphatic heterocycles. The monoisotopic (exact) mass is 502 g/mol. The zero-order chi connectivity index (χ0) is 24.4. The summed E-state index contributed by atoms with van der Waals surface area (Å²) in [5.41, 5.74) is 1.54. The minimum Gasteiger partial charge on any atom is -0.460 e. The van der Waals surface area contributed by atoms with E-state index in [4.69, 9.17) is 9.15 Å². The van der Waals surface area contributed by atoms with Crippen LogP contribution in [-0.2, 0) is 21.0 Å². The van der Waals surface area contributed by atoms with Crippen LogP contribution >= 0.6 is 0 Å². The zero-order valence-electron chi connectivity index (χ0n) is 20.8. The van der Waals surface area contributed by atoms with Crippen molar-refractivity contribution in [2.24, 2.45) is 11.8 Å². The van der Waals surface area contributed by atoms with Gasteiger partial charge in [0.25, 0.3) is 5.91 Å². The molecule has 2 atom stereocenters. The Kier molecular flexibility index (Phi) is 7.51. The van der Waals surface area contributed by atoms with Gasteiger partial charge in [-0.1, -0.05) is 31.5 Å². The summed E-state index contributed by atoms with van der Waals surface area (Å²) in [5.74, 6) is 2.31. The van der Waals surface area contributed by atoms with Crippen LogP contribution in [0, 0.1) is 11.8 Å². The van der Waals surface area contributed by atoms with E-state index in [-0.39, 0.29) is 12.0 Å². The molecule has 0 radical (unpaired) electrons. The molecule has 5 rings (SSSR count). The first-order chi connectivity index (χ1) is 16.9. The van der Waals surface area contributed by atoms with Gasteiger partial charge in [0.15, 0.2) is 9.84 Å². The molecule has 1 aromatic heterocycles. The molecule has 35 heavy (non-hydrogen) atoms. The normalized spacial score (nSPS) is 24.9. The topological polar surface area (TPSA) is 80.1 Å². The molecule has 0 aliphatic carbocycles. The van der Waals surface area contributed by atoms with Crippen LogP contribution in [0.15, 0.2) is 28.7 Å². The third-order valence-electron chi connectivity index (χ3n) is 7.93. The maximum Gasteiger partial charge on any atom is 0.258 e. The third kappa shape index (κ3) is 5.59. The number of fused-ring (bicyclic) bond motifs is 2. The van der Waals surface area contributed by atoms with Crippen molar-refractivity contribution in [3.8, 4) is 0 Å². The molecule has 8 heteroatoms. The minimum absolute atomic E-state index is 0.0844. The molecule has 192 valence electrons. The van der Waals surface area contributed by atoms with Crippen LogP contribution < -0.4 is 0 Å². The van der Waals surface area contributed by atoms with Crippen LogP contribution in [0.4, 0.5) is 0 Å². The van der Waals surface area contributed by atoms with Gasteiger partial charge in [-0.15, -0.1) is 0 Å². The van der Waals surface area contributed by atoms with Gasteiger partial charge < -0.3 is 19.0 Å². The number of para-hydroxylation sites is 1. The fourth-order valence-corrected chi connectivity index (χ4v) is 8.28. The van der Waals surface area contributed by atoms with E-state index >= 15 is 0 Å². The van der Waals surface area contributed by atoms with Crippen molar-refractivity contribution in [2.45, 2.75) is 51.6 Å². The van der Waals surface area contributed by atoms with Crippen molar-refractivity contribution in [3.05, 3.63) is 35.6 Å². The highest BCUT2D eigenvalue weighted by Crippen LogP contribution is 2.33. The second-order valence-electron chi connectivity index (χ2n) is 10.6. The molecule has 2 aromatic rings. The number of amides is 1. The number of rotatable bonds is 9. The van der Waals surface area contributed by atoms with Gasteiger partial charge >= 0.3 is 0 Å². The van der Waals surface area contributed by atoms with Gasteiger partial charge in [-0.25, -0.2) is 8.42 Å². The number of aryl methyl sites for hydroxylation is 1. The maximum absolute atomic E-state index is 13.5. The van der Waals surface area contributed by atoms with Crippen molar-refractivity contribution in [2.75, 3.05) is 50.8 Å². The largest absolute Gasteiger partial charge is 0.460 e. The molecule has 0 bridgehead atoms. The smallest absolute Gasteiger partial charge is 0.258 e. The second kappa shape index (κ2) is 10.6. The molecule has 0 saturated carbocycles. The summed E-state index contributed by atoms with van der Waals surface area (Å²) >= 11 is 0. The third-order valence-corrected chi connectivity index (χ3v) is 9.80. The standard InChI is InChI=1S/C27H38N2O5S/c1-2-3-8-25-26(23-7-4-5-9-24(23)34-25)27(30)29-13-10-22(11-14-29)33-15-6-12-28-16-20-18-35(31,32)19-21(20)17-28/h4-5,7,9,20-22H,2-3,6,8,10-19H2,1H3/t20-,21+. The number of hydrogen-bond acceptors (Lipinski definition) is 6. The second-order valence-corrected chi connectivity index (χ2v) is 12.7. The summed E-state index contributed by atoms with van der Waals surface area (Å²) in [4.78, 5) is 17.8. The fraction of sp³-hybridized carbons (Fsp3) is 0.667. The Balaban J connectivity index is 1.07. The summed E-state index contributed by atoms with van der Waals surface area (Å²) in [6.45, 7) is 7.08. The van der Waals surface area contributed by atoms with Gasteiger partial charge in [0.2, 0.25) is 0 Å². The Morgan fingerprint density at radius 3 is 2.51 bits per heavy atom. The van der Waals surface area contributed by atoms with E-state index in [0.717, 1.165) is 87.1 Å². The van der Waals surface area contributed by atoms with E-state index in [9.17, 15) is 13.2 Å². The van der Waals surface area contributed by atoms with Gasteiger partial charge in [-0.2, -0.15) is 0 Å². The number of unbranched alkanes of at least 4 members (excludes halogenated alkanes) is 1. The lowest BCUT2D eigenvalue weighted by Gasteiger charge is -2.32. The summed E-state index contributed by atoms with van der Waals surface area (Å²) < 4.78 is 35.8. The van der Waals surface area contributed by atoms with Crippen molar-refractivity contribution in [1.82, 2.24) is 9.80 Å². The first-order valence-electron chi connectivity index (χ1n) is 13.3. The number of likely N-dealkylation sites (tertiary alicyclic amines) is 2. The lowest BCUT2D eigenvalue weighted by atomic mass is 10.0. The summed E-state index contributed by atoms with van der Waals surface area (Å²) in [6.07, 6.45) is 5.74. The molecule has 3 saturated heterocycles. The van der Waals surface area contributed by atoms with Crippen LogP contribution in [0.5, 0.6) is 0 Å². The van der Waals surface area contributed by atoms with Crippen LogP contribution in [0.25, 0.3) is 11.0 Å². The molecule has 4 heterocycles. The number of sulfone groups is 1. The van der Waals surface area contributed by atoms with Crippen LogP contribution in [0.3, 0.4) is 0 Å². The lowest BCUT2D eigenvalue weighted by molar-refractivity contribution is 0.00576. The van der Waals surface area contributed by atoms with E-state index in [1.54, 1.807) is 0 Å². The van der Waals surface area contributed by atoms with Crippen molar-refractivity contribution in [3.63, 3.8) is 0 Å². The molecular weight excluding hydrogens is 464 g/mol. The van der Waals surface area contributed by atoms with Crippen molar-refractivity contribution in [1.29, 1.82) is 0 Å². The van der Waals surface area contributed by atoms with Gasteiger partial charge in [-0.3, -0.25) is 4.79 Å². The average molecular weight is 503 g/mol. The average Bonchev–Trinajstić information content (AvgIpc) is 3.48. The molecule has 7 nitrogen and oxygen atoms in total. The summed E-state index contributed by atoms with van der Waals surface area (Å²) in [6, 6.07) is 7.85. The highest BCUT2D eigenvalue weighted by molar-refractivity contribution is 7.91. The number of piperidine rings is 1. The molecule has 0 unspecified atom stereocenters. The minimum atomic E-state index is -2.80. The van der Waals surface area contributed by atoms with Crippen LogP contribution in [0.2, 0.25) is 0 Å². The Bertz CT molecular complexity index is 1120. The van der Waals surface area contributed by atoms with E-state index in [1.807, 2.05) is 29.2 Å². The Labute approximate surface area is 208 Å². The quantitative estimate of drug-likeness (QED) is 0.486. The number of carbonyl (C=O) groups excluding carboxylic acids is 1. The first kappa shape index (κ1) is 24.8. The predicted octanol–water partition coefficient (Wildman–Crippen LogP) is 3.76. The molecule has 0 N–H and O–H groups in total. The van der Waals surface area contributed by atoms with Crippen LogP contribution in [-0.4, -0.2) is 81.1 Å². The molecular formula is C27H38N2O5S. The molecule has 0 spiro atoms. The predicted molar refractivity (Wildman–Crippen MR) is 136 cm³/mol. The first-order valence-corrected chi connectivity index (χ1v) is 15.1. The summed E-state index contributed by atoms with van der Waals surface area (Å²) in [7, 11) is -2.80. The van der Waals surface area contributed by atoms with E-state index in [1.165, 1.54) is 0 Å². The Morgan fingerprint density at radius 1 is 1.09 bits per heavy atom. The van der Waals surface area contributed by atoms with Gasteiger partial charge in [0.05, 0.1) is 23.2 Å². The van der Waals surface area contributed by atoms with E-state index in [0.29, 0.717) is 36.4 Å². The molecule has 1 amide bonds. The molecule has 3 fully saturated rings. The zero-order valence-corrected chi connectivity index (χ0v) is 21.6. The summed E-state index contributed by atoms with van der Waals surface area (Å²) in [5, 5.41) is 0.922. The molecule has 1 aromatic carbocycles. The van der Waals surface area contributed by atoms with Crippen LogP contribution in [0.1, 0.15) is 55.1 Å². The highest BCUT2D eigenvalue weighted by Gasteiger charge is 2.43. The Morgan fingerprint density at radius 2 is 1.80 bits per heavy atom. The van der Waals surface area contributed by atoms with Gasteiger partial charge in [-0.05, 0) is 43.6 Å². The van der Waals surface area contributed by atoms with E-state index < -0.39 is 9.84 Å². The SMILES string of the molecule is CCCCc1oc2ccccc2c1C(=O)N1CCC(OCCCN2C[C@@H]3CS(=O)(=O)C[C@@H]3C2)CC1. The fourth-order valence-electron chi connectivity index (χ4n) is 6.08. The van der Waals surface area contributed by atoms with E-state index in [2.05, 4.69) is 11.8 Å². The number of furan rings is 1. The van der Waals surface area contributed by atoms with Crippen molar-refractivity contribution >= 4 is 26.7 Å². The maximum atomic E-state index is 13.5. The highest BCUT2D eigenvalue weighted by atomic mass is 32.2. The van der Waals surface area contributed by atoms with Gasteiger partial charge in [0.1, 0.15) is 11.3 Å². The van der Waals surface area contributed by atoms with Crippen molar-refractivity contribution < 1.29 is 22.4 Å². The number of hydrogen-bond donors (Lipinski definition) is 0. The number of nitrogens with zero attached hydrogens (tertiary/aromatic N) is 2. The lowest BCUT2D eigenvalue weighted by Crippen LogP contribution is -2.41. The number of carbonyl (C=O) groups is 1. The number of ether oxygens (including phenoxy) is 1. The Hall–Kier alpha value is -1.90. The van der Waals surface area contributed by atoms with Gasteiger partial charge in [0, 0.05) is 51.1 Å². The molecule has 3 aliphatic rings.